The quantitative estimate of drug-likeness (QED) is 0.293. The molecule has 160 valence electrons. The number of nitrogens with zero attached hydrogens (tertiary/aromatic N) is 1. The Morgan fingerprint density at radius 1 is 1.04 bits per heavy atom. The average Bonchev–Trinajstić information content (AvgIpc) is 2.72. The second-order valence-corrected chi connectivity index (χ2v) is 5.87. The van der Waals surface area contributed by atoms with Crippen molar-refractivity contribution in [1.82, 2.24) is 10.3 Å². The Bertz CT molecular complexity index is 528. The van der Waals surface area contributed by atoms with Crippen molar-refractivity contribution in [3.05, 3.63) is 29.6 Å². The van der Waals surface area contributed by atoms with E-state index in [0.29, 0.717) is 64.8 Å². The number of carbonyl (C=O) groups excluding carboxylic acids is 1. The Balaban J connectivity index is 2.06. The van der Waals surface area contributed by atoms with Crippen LogP contribution in [0.25, 0.3) is 0 Å². The van der Waals surface area contributed by atoms with E-state index in [4.69, 9.17) is 29.4 Å². The summed E-state index contributed by atoms with van der Waals surface area (Å²) >= 11 is 0. The van der Waals surface area contributed by atoms with Crippen molar-refractivity contribution in [3.63, 3.8) is 0 Å². The predicted octanol–water partition coefficient (Wildman–Crippen LogP) is 0.892. The topological polar surface area (TPSA) is 114 Å². The van der Waals surface area contributed by atoms with E-state index in [1.54, 1.807) is 18.3 Å². The molecule has 9 heteroatoms. The van der Waals surface area contributed by atoms with E-state index in [1.807, 2.05) is 0 Å². The summed E-state index contributed by atoms with van der Waals surface area (Å²) in [6, 6.07) is 3.40. The molecule has 1 rings (SSSR count). The summed E-state index contributed by atoms with van der Waals surface area (Å²) in [6.07, 6.45) is 2.60. The molecule has 0 saturated heterocycles. The number of carbonyl (C=O) groups is 1. The van der Waals surface area contributed by atoms with Gasteiger partial charge in [0.15, 0.2) is 6.29 Å². The molecule has 0 atom stereocenters. The van der Waals surface area contributed by atoms with E-state index < -0.39 is 6.29 Å². The highest BCUT2D eigenvalue weighted by molar-refractivity contribution is 5.92. The molecule has 0 unspecified atom stereocenters. The molecule has 0 aliphatic carbocycles. The highest BCUT2D eigenvalue weighted by Gasteiger charge is 2.13. The van der Waals surface area contributed by atoms with Gasteiger partial charge in [0.25, 0.3) is 5.91 Å². The summed E-state index contributed by atoms with van der Waals surface area (Å²) in [7, 11) is 3.08. The van der Waals surface area contributed by atoms with Gasteiger partial charge in [0.2, 0.25) is 0 Å². The maximum Gasteiger partial charge on any atom is 0.269 e. The number of methoxy groups -OCH3 is 2. The monoisotopic (exact) mass is 399 g/mol. The van der Waals surface area contributed by atoms with E-state index in [2.05, 4.69) is 10.3 Å². The van der Waals surface area contributed by atoms with Crippen molar-refractivity contribution in [1.29, 1.82) is 0 Å². The standard InChI is InChI=1S/C19H33N3O6/c1-24-19(25-2)16-5-8-21-17(15-16)18(23)22-7-4-10-27-12-14-28-13-11-26-9-3-6-20/h5,8,15,19H,3-4,6-7,9-14,20H2,1-2H3,(H,22,23). The molecule has 28 heavy (non-hydrogen) atoms. The normalized spacial score (nSPS) is 11.1. The fourth-order valence-corrected chi connectivity index (χ4v) is 2.28. The molecule has 0 aliphatic rings. The summed E-state index contributed by atoms with van der Waals surface area (Å²) in [5, 5.41) is 2.82. The molecule has 1 amide bonds. The molecule has 1 aromatic heterocycles. The van der Waals surface area contributed by atoms with E-state index >= 15 is 0 Å². The number of amides is 1. The number of pyridine rings is 1. The molecule has 3 N–H and O–H groups in total. The van der Waals surface area contributed by atoms with Crippen molar-refractivity contribution in [3.8, 4) is 0 Å². The van der Waals surface area contributed by atoms with Gasteiger partial charge in [-0.25, -0.2) is 0 Å². The molecule has 9 nitrogen and oxygen atoms in total. The van der Waals surface area contributed by atoms with Crippen LogP contribution in [0, 0.1) is 0 Å². The third kappa shape index (κ3) is 10.6. The summed E-state index contributed by atoms with van der Waals surface area (Å²) in [6.45, 7) is 4.48. The van der Waals surface area contributed by atoms with E-state index in [9.17, 15) is 4.79 Å². The molecule has 0 aliphatic heterocycles. The zero-order chi connectivity index (χ0) is 20.5. The molecule has 0 saturated carbocycles. The minimum absolute atomic E-state index is 0.245. The van der Waals surface area contributed by atoms with Crippen LogP contribution in [-0.4, -0.2) is 77.8 Å². The summed E-state index contributed by atoms with van der Waals surface area (Å²) < 4.78 is 26.5. The van der Waals surface area contributed by atoms with Crippen LogP contribution < -0.4 is 11.1 Å². The zero-order valence-corrected chi connectivity index (χ0v) is 16.9. The number of nitrogens with one attached hydrogen (secondary N) is 1. The van der Waals surface area contributed by atoms with Gasteiger partial charge in [-0.15, -0.1) is 0 Å². The van der Waals surface area contributed by atoms with Gasteiger partial charge < -0.3 is 34.7 Å². The van der Waals surface area contributed by atoms with Crippen molar-refractivity contribution < 1.29 is 28.5 Å². The van der Waals surface area contributed by atoms with Gasteiger partial charge in [0.1, 0.15) is 5.69 Å². The van der Waals surface area contributed by atoms with Crippen LogP contribution in [0.3, 0.4) is 0 Å². The third-order valence-electron chi connectivity index (χ3n) is 3.70. The van der Waals surface area contributed by atoms with Gasteiger partial charge in [-0.05, 0) is 31.5 Å². The molecule has 1 aromatic rings. The second-order valence-electron chi connectivity index (χ2n) is 5.87. The van der Waals surface area contributed by atoms with Crippen LogP contribution in [0.5, 0.6) is 0 Å². The Morgan fingerprint density at radius 3 is 2.25 bits per heavy atom. The smallest absolute Gasteiger partial charge is 0.269 e. The molecular weight excluding hydrogens is 366 g/mol. The first-order chi connectivity index (χ1) is 13.7. The van der Waals surface area contributed by atoms with Crippen molar-refractivity contribution in [2.24, 2.45) is 5.73 Å². The first kappa shape index (κ1) is 24.4. The van der Waals surface area contributed by atoms with Crippen LogP contribution in [0.1, 0.15) is 35.2 Å². The lowest BCUT2D eigenvalue weighted by atomic mass is 10.2. The van der Waals surface area contributed by atoms with Crippen LogP contribution in [-0.2, 0) is 23.7 Å². The molecule has 0 spiro atoms. The predicted molar refractivity (Wildman–Crippen MR) is 104 cm³/mol. The van der Waals surface area contributed by atoms with E-state index in [1.165, 1.54) is 14.2 Å². The Labute approximate surface area is 166 Å². The van der Waals surface area contributed by atoms with E-state index in [-0.39, 0.29) is 5.91 Å². The average molecular weight is 399 g/mol. The molecule has 0 fully saturated rings. The van der Waals surface area contributed by atoms with Gasteiger partial charge >= 0.3 is 0 Å². The first-order valence-corrected chi connectivity index (χ1v) is 9.46. The van der Waals surface area contributed by atoms with Gasteiger partial charge in [0, 0.05) is 45.7 Å². The van der Waals surface area contributed by atoms with Crippen LogP contribution in [0.4, 0.5) is 0 Å². The second kappa shape index (κ2) is 16.3. The number of hydrogen-bond acceptors (Lipinski definition) is 8. The molecule has 0 aromatic carbocycles. The number of nitrogens with two attached hydrogens (primary N) is 1. The van der Waals surface area contributed by atoms with Crippen LogP contribution in [0.2, 0.25) is 0 Å². The third-order valence-corrected chi connectivity index (χ3v) is 3.70. The summed E-state index contributed by atoms with van der Waals surface area (Å²) in [5.41, 5.74) is 6.42. The summed E-state index contributed by atoms with van der Waals surface area (Å²) in [5.74, 6) is -0.245. The van der Waals surface area contributed by atoms with Gasteiger partial charge in [-0.2, -0.15) is 0 Å². The fourth-order valence-electron chi connectivity index (χ4n) is 2.28. The highest BCUT2D eigenvalue weighted by Crippen LogP contribution is 2.17. The van der Waals surface area contributed by atoms with Crippen molar-refractivity contribution in [2.45, 2.75) is 19.1 Å². The van der Waals surface area contributed by atoms with Crippen molar-refractivity contribution in [2.75, 3.05) is 67.0 Å². The number of rotatable bonds is 17. The van der Waals surface area contributed by atoms with Crippen molar-refractivity contribution >= 4 is 5.91 Å². The molecule has 0 radical (unpaired) electrons. The molecule has 0 bridgehead atoms. The molecular formula is C19H33N3O6. The molecule has 1 heterocycles. The zero-order valence-electron chi connectivity index (χ0n) is 16.9. The van der Waals surface area contributed by atoms with E-state index in [0.717, 1.165) is 12.0 Å². The lowest BCUT2D eigenvalue weighted by Crippen LogP contribution is -2.26. The van der Waals surface area contributed by atoms with Gasteiger partial charge in [-0.3, -0.25) is 9.78 Å². The number of ether oxygens (including phenoxy) is 5. The Kier molecular flexibility index (Phi) is 14.3. The maximum absolute atomic E-state index is 12.2. The lowest BCUT2D eigenvalue weighted by Gasteiger charge is -2.14. The largest absolute Gasteiger partial charge is 0.379 e. The number of aromatic nitrogens is 1. The Morgan fingerprint density at radius 2 is 1.64 bits per heavy atom. The maximum atomic E-state index is 12.2. The SMILES string of the molecule is COC(OC)c1ccnc(C(=O)NCCCOCCOCCOCCCN)c1. The van der Waals surface area contributed by atoms with Crippen LogP contribution in [0.15, 0.2) is 18.3 Å². The minimum atomic E-state index is -0.525. The minimum Gasteiger partial charge on any atom is -0.379 e. The van der Waals surface area contributed by atoms with Gasteiger partial charge in [-0.1, -0.05) is 0 Å². The summed E-state index contributed by atoms with van der Waals surface area (Å²) in [4.78, 5) is 16.2. The first-order valence-electron chi connectivity index (χ1n) is 9.46. The van der Waals surface area contributed by atoms with Crippen LogP contribution >= 0.6 is 0 Å². The number of hydrogen-bond donors (Lipinski definition) is 2. The lowest BCUT2D eigenvalue weighted by molar-refractivity contribution is -0.106. The van der Waals surface area contributed by atoms with Gasteiger partial charge in [0.05, 0.1) is 26.4 Å². The fraction of sp³-hybridized carbons (Fsp3) is 0.684. The highest BCUT2D eigenvalue weighted by atomic mass is 16.7. The Hall–Kier alpha value is -1.62.